The van der Waals surface area contributed by atoms with Gasteiger partial charge < -0.3 is 14.3 Å². The van der Waals surface area contributed by atoms with Crippen molar-refractivity contribution >= 4 is 6.29 Å². The van der Waals surface area contributed by atoms with Gasteiger partial charge in [-0.05, 0) is 6.42 Å². The molecule has 3 heteroatoms. The maximum absolute atomic E-state index is 10.4. The minimum atomic E-state index is -0.0739. The van der Waals surface area contributed by atoms with Gasteiger partial charge in [0.15, 0.2) is 6.29 Å². The fourth-order valence-corrected chi connectivity index (χ4v) is 1.64. The van der Waals surface area contributed by atoms with Crippen molar-refractivity contribution in [2.24, 2.45) is 11.8 Å². The quantitative estimate of drug-likeness (QED) is 0.490. The summed E-state index contributed by atoms with van der Waals surface area (Å²) in [4.78, 5) is 10.4. The molecule has 0 radical (unpaired) electrons. The highest BCUT2D eigenvalue weighted by atomic mass is 16.7. The second kappa shape index (κ2) is 2.32. The Morgan fingerprint density at radius 2 is 2.30 bits per heavy atom. The monoisotopic (exact) mass is 142 g/mol. The summed E-state index contributed by atoms with van der Waals surface area (Å²) in [6, 6.07) is 0. The van der Waals surface area contributed by atoms with Gasteiger partial charge in [0.05, 0.1) is 13.2 Å². The molecule has 0 spiro atoms. The molecule has 0 saturated carbocycles. The van der Waals surface area contributed by atoms with Crippen molar-refractivity contribution in [3.63, 3.8) is 0 Å². The van der Waals surface area contributed by atoms with Crippen LogP contribution in [0.25, 0.3) is 0 Å². The van der Waals surface area contributed by atoms with Gasteiger partial charge >= 0.3 is 0 Å². The second-order valence-electron chi connectivity index (χ2n) is 2.82. The predicted octanol–water partition coefficient (Wildman–Crippen LogP) is 0.194. The molecule has 2 rings (SSSR count). The van der Waals surface area contributed by atoms with Crippen LogP contribution in [0.15, 0.2) is 0 Å². The maximum Gasteiger partial charge on any atom is 0.161 e. The highest BCUT2D eigenvalue weighted by molar-refractivity contribution is 5.54. The zero-order valence-corrected chi connectivity index (χ0v) is 5.66. The lowest BCUT2D eigenvalue weighted by Gasteiger charge is -2.06. The lowest BCUT2D eigenvalue weighted by atomic mass is 9.95. The molecule has 0 aromatic carbocycles. The second-order valence-corrected chi connectivity index (χ2v) is 2.82. The highest BCUT2D eigenvalue weighted by Gasteiger charge is 2.41. The van der Waals surface area contributed by atoms with Crippen LogP contribution in [0, 0.1) is 11.8 Å². The van der Waals surface area contributed by atoms with Gasteiger partial charge in [-0.15, -0.1) is 0 Å². The van der Waals surface area contributed by atoms with Crippen molar-refractivity contribution in [2.75, 3.05) is 13.2 Å². The van der Waals surface area contributed by atoms with Crippen LogP contribution in [-0.2, 0) is 14.3 Å². The first-order chi connectivity index (χ1) is 4.92. The third-order valence-corrected chi connectivity index (χ3v) is 2.26. The molecule has 3 nitrogen and oxygen atoms in total. The van der Waals surface area contributed by atoms with Crippen LogP contribution in [0.2, 0.25) is 0 Å². The molecule has 2 fully saturated rings. The first-order valence-corrected chi connectivity index (χ1v) is 3.60. The number of ether oxygens (including phenoxy) is 2. The summed E-state index contributed by atoms with van der Waals surface area (Å²) in [5.41, 5.74) is 0. The summed E-state index contributed by atoms with van der Waals surface area (Å²) < 4.78 is 10.5. The van der Waals surface area contributed by atoms with E-state index in [1.54, 1.807) is 0 Å². The summed E-state index contributed by atoms with van der Waals surface area (Å²) in [5.74, 6) is 0.435. The van der Waals surface area contributed by atoms with Crippen molar-refractivity contribution in [1.82, 2.24) is 0 Å². The van der Waals surface area contributed by atoms with Crippen molar-refractivity contribution in [1.29, 1.82) is 0 Å². The summed E-state index contributed by atoms with van der Waals surface area (Å²) in [5, 5.41) is 0. The average molecular weight is 142 g/mol. The van der Waals surface area contributed by atoms with E-state index in [-0.39, 0.29) is 12.2 Å². The molecular weight excluding hydrogens is 132 g/mol. The molecule has 56 valence electrons. The van der Waals surface area contributed by atoms with Crippen molar-refractivity contribution in [2.45, 2.75) is 12.7 Å². The van der Waals surface area contributed by atoms with Crippen LogP contribution in [0.1, 0.15) is 6.42 Å². The molecular formula is C7H10O3. The van der Waals surface area contributed by atoms with Gasteiger partial charge in [-0.25, -0.2) is 0 Å². The Morgan fingerprint density at radius 1 is 1.40 bits per heavy atom. The number of rotatable bonds is 1. The molecule has 0 amide bonds. The molecule has 0 bridgehead atoms. The predicted molar refractivity (Wildman–Crippen MR) is 33.4 cm³/mol. The fraction of sp³-hybridized carbons (Fsp3) is 0.857. The van der Waals surface area contributed by atoms with E-state index in [1.165, 1.54) is 0 Å². The topological polar surface area (TPSA) is 35.5 Å². The van der Waals surface area contributed by atoms with E-state index in [0.717, 1.165) is 19.3 Å². The summed E-state index contributed by atoms with van der Waals surface area (Å²) in [6.07, 6.45) is 1.89. The van der Waals surface area contributed by atoms with E-state index >= 15 is 0 Å². The molecule has 0 aromatic rings. The Bertz CT molecular complexity index is 146. The van der Waals surface area contributed by atoms with Gasteiger partial charge in [-0.1, -0.05) is 0 Å². The van der Waals surface area contributed by atoms with E-state index < -0.39 is 0 Å². The maximum atomic E-state index is 10.4. The van der Waals surface area contributed by atoms with E-state index in [0.29, 0.717) is 12.5 Å². The Balaban J connectivity index is 2.07. The van der Waals surface area contributed by atoms with Crippen LogP contribution in [0.4, 0.5) is 0 Å². The van der Waals surface area contributed by atoms with E-state index in [9.17, 15) is 4.79 Å². The minimum Gasteiger partial charge on any atom is -0.352 e. The number of carbonyl (C=O) groups excluding carboxylic acids is 1. The molecule has 2 heterocycles. The molecule has 0 aromatic heterocycles. The Labute approximate surface area is 59.3 Å². The largest absolute Gasteiger partial charge is 0.352 e. The number of hydrogen-bond donors (Lipinski definition) is 0. The molecule has 10 heavy (non-hydrogen) atoms. The molecule has 2 aliphatic heterocycles. The lowest BCUT2D eigenvalue weighted by Crippen LogP contribution is -2.15. The molecule has 3 unspecified atom stereocenters. The standard InChI is InChI=1S/C7H10O3/c8-3-5-4-10-7-6(5)1-2-9-7/h3,5-7H,1-2,4H2. The minimum absolute atomic E-state index is 0.0739. The van der Waals surface area contributed by atoms with Gasteiger partial charge in [0.2, 0.25) is 0 Å². The van der Waals surface area contributed by atoms with Gasteiger partial charge in [0.1, 0.15) is 6.29 Å². The van der Waals surface area contributed by atoms with E-state index in [4.69, 9.17) is 9.47 Å². The van der Waals surface area contributed by atoms with Crippen LogP contribution in [0.3, 0.4) is 0 Å². The molecule has 2 saturated heterocycles. The zero-order valence-electron chi connectivity index (χ0n) is 5.66. The first kappa shape index (κ1) is 6.31. The van der Waals surface area contributed by atoms with Crippen molar-refractivity contribution in [3.05, 3.63) is 0 Å². The van der Waals surface area contributed by atoms with E-state index in [2.05, 4.69) is 0 Å². The van der Waals surface area contributed by atoms with Gasteiger partial charge in [0.25, 0.3) is 0 Å². The van der Waals surface area contributed by atoms with Gasteiger partial charge in [-0.2, -0.15) is 0 Å². The Morgan fingerprint density at radius 3 is 3.10 bits per heavy atom. The summed E-state index contributed by atoms with van der Waals surface area (Å²) in [6.45, 7) is 1.30. The zero-order chi connectivity index (χ0) is 6.97. The summed E-state index contributed by atoms with van der Waals surface area (Å²) in [7, 11) is 0. The number of carbonyl (C=O) groups is 1. The number of aldehydes is 1. The van der Waals surface area contributed by atoms with Crippen LogP contribution in [0.5, 0.6) is 0 Å². The Kier molecular flexibility index (Phi) is 1.47. The van der Waals surface area contributed by atoms with Gasteiger partial charge in [-0.3, -0.25) is 0 Å². The lowest BCUT2D eigenvalue weighted by molar-refractivity contribution is -0.111. The van der Waals surface area contributed by atoms with Crippen molar-refractivity contribution in [3.8, 4) is 0 Å². The molecule has 0 N–H and O–H groups in total. The van der Waals surface area contributed by atoms with Gasteiger partial charge in [0, 0.05) is 11.8 Å². The van der Waals surface area contributed by atoms with Crippen molar-refractivity contribution < 1.29 is 14.3 Å². The first-order valence-electron chi connectivity index (χ1n) is 3.60. The third-order valence-electron chi connectivity index (χ3n) is 2.26. The number of hydrogen-bond acceptors (Lipinski definition) is 3. The Hall–Kier alpha value is -0.410. The number of fused-ring (bicyclic) bond motifs is 1. The normalized spacial score (nSPS) is 45.4. The van der Waals surface area contributed by atoms with E-state index in [1.807, 2.05) is 0 Å². The summed E-state index contributed by atoms with van der Waals surface area (Å²) >= 11 is 0. The van der Waals surface area contributed by atoms with Crippen LogP contribution in [-0.4, -0.2) is 25.8 Å². The third kappa shape index (κ3) is 0.777. The molecule has 2 aliphatic rings. The highest BCUT2D eigenvalue weighted by Crippen LogP contribution is 2.34. The smallest absolute Gasteiger partial charge is 0.161 e. The molecule has 3 atom stereocenters. The SMILES string of the molecule is O=CC1COC2OCCC12. The van der Waals surface area contributed by atoms with Crippen LogP contribution < -0.4 is 0 Å². The van der Waals surface area contributed by atoms with Crippen LogP contribution >= 0.6 is 0 Å². The average Bonchev–Trinajstić information content (AvgIpc) is 2.44. The fourth-order valence-electron chi connectivity index (χ4n) is 1.64. The molecule has 0 aliphatic carbocycles.